The van der Waals surface area contributed by atoms with Crippen molar-refractivity contribution in [1.82, 2.24) is 14.9 Å². The molecule has 722 valence electrons. The van der Waals surface area contributed by atoms with Gasteiger partial charge in [-0.1, -0.05) is 72.8 Å². The van der Waals surface area contributed by atoms with E-state index in [1.54, 1.807) is 65.9 Å². The first-order chi connectivity index (χ1) is 62.8. The number of rotatable bonds is 39. The van der Waals surface area contributed by atoms with Crippen LogP contribution in [0.3, 0.4) is 0 Å². The van der Waals surface area contributed by atoms with Gasteiger partial charge in [0, 0.05) is 153 Å². The van der Waals surface area contributed by atoms with Crippen molar-refractivity contribution in [2.24, 2.45) is 0 Å². The van der Waals surface area contributed by atoms with Crippen molar-refractivity contribution in [1.29, 1.82) is 0 Å². The number of aliphatic carboxylic acids is 2. The maximum atomic E-state index is 16.0. The minimum absolute atomic E-state index is 0. The molecule has 3 unspecified atom stereocenters. The number of nitrogens with one attached hydrogen (secondary N) is 2. The summed E-state index contributed by atoms with van der Waals surface area (Å²) in [5.74, 6) is 3.14. The second-order valence-corrected chi connectivity index (χ2v) is 48.4. The number of carbonyl (C=O) groups is 5. The number of alkyl halides is 2. The Hall–Kier alpha value is -5.97. The van der Waals surface area contributed by atoms with Crippen molar-refractivity contribution < 1.29 is 132 Å². The molecule has 0 spiro atoms. The number of cyclic esters (lactones) is 3. The fourth-order valence-corrected chi connectivity index (χ4v) is 15.7. The molecule has 0 saturated carbocycles. The quantitative estimate of drug-likeness (QED) is 0.00520. The summed E-state index contributed by atoms with van der Waals surface area (Å²) >= 11 is 9.54. The van der Waals surface area contributed by atoms with Crippen molar-refractivity contribution in [3.05, 3.63) is 203 Å². The Labute approximate surface area is 838 Å². The number of halogens is 8. The predicted molar refractivity (Wildman–Crippen MR) is 540 cm³/mol. The molecule has 7 aliphatic heterocycles. The van der Waals surface area contributed by atoms with Crippen molar-refractivity contribution in [3.8, 4) is 28.7 Å². The number of hydrogen-bond donors (Lipinski definition) is 6. The molecular formula is C94H125BF2I6N6O22. The number of fused-ring (bicyclic) bond motifs is 2. The van der Waals surface area contributed by atoms with E-state index >= 15 is 8.78 Å². The zero-order valence-electron chi connectivity index (χ0n) is 75.1. The number of esters is 3. The zero-order chi connectivity index (χ0) is 93.9. The topological polar surface area (TPSA) is 339 Å². The zero-order valence-corrected chi connectivity index (χ0v) is 88.2. The third-order valence-corrected chi connectivity index (χ3v) is 22.2. The summed E-state index contributed by atoms with van der Waals surface area (Å²) in [5.41, 5.74) is 6.15. The van der Waals surface area contributed by atoms with E-state index in [-0.39, 0.29) is 78.4 Å². The van der Waals surface area contributed by atoms with Crippen LogP contribution in [0.2, 0.25) is 0 Å². The number of carboxylic acid groups (broad SMARTS) is 2. The van der Waals surface area contributed by atoms with Crippen LogP contribution in [0, 0.1) is 0 Å². The van der Waals surface area contributed by atoms with E-state index in [1.807, 2.05) is 109 Å². The van der Waals surface area contributed by atoms with Gasteiger partial charge in [0.15, 0.2) is 5.67 Å². The molecule has 9 heterocycles. The van der Waals surface area contributed by atoms with Crippen LogP contribution in [-0.4, -0.2) is 269 Å². The molecule has 0 aliphatic carbocycles. The van der Waals surface area contributed by atoms with Crippen LogP contribution >= 0.6 is 98.4 Å². The molecule has 37 heteroatoms. The molecule has 2 aromatic heterocycles. The van der Waals surface area contributed by atoms with E-state index in [0.717, 1.165) is 95.5 Å². The second kappa shape index (κ2) is 63.4. The Morgan fingerprint density at radius 3 is 1.40 bits per heavy atom. The van der Waals surface area contributed by atoms with Gasteiger partial charge in [0.25, 0.3) is 0 Å². The Balaban J connectivity index is 0.000000255. The second-order valence-electron chi connectivity index (χ2n) is 32.2. The molecule has 4 saturated heterocycles. The number of benzene rings is 5. The Bertz CT molecular complexity index is 4510. The summed E-state index contributed by atoms with van der Waals surface area (Å²) in [5, 5.41) is 43.6. The van der Waals surface area contributed by atoms with E-state index in [0.29, 0.717) is 217 Å². The summed E-state index contributed by atoms with van der Waals surface area (Å²) < 4.78 is 99.0. The standard InChI is InChI=1S/C28H38FN3O4.C27H36FN3O4.2C13H16O4.C9H13BO4.C4H4O2.I3.I2.HI/c1-32(19-23(18-26(33)34)22-5-3-7-25(17-22)36-16-15-35-2)14-12-28(29,20-32)11-10-24-9-8-21-6-4-13-30-27(21)31-24;1-34-14-15-35-24-6-2-4-21(16-24)22(17-25(32)33)18-31-13-11-27(28,19-31)10-9-23-8-7-20-5-3-12-29-26(20)30-23;2*1-15-5-6-16-12-4-2-3-10(7-12)11-8-13(14)17-9-11;1-13-5-6-14-9-4-2-3-8(7-9)10(11)12;5-4-2-1-3-6-4;1-3-2;1-2;/h3,5,7-9,17,23H,4,6,10-16,18-20H2,1-2H3,(H-,30,31,33,34);2,4,6-8,16,22H,3,5,9-15,17-19H2,1H3,(H,29,30)(H,32,33);2*2-4,7,11H,5-6,8-9H2,1H3;2-4,7,11-12H,5-6H2,1H3;1-2H,3H2;;;1H/q;;;;;;-1;;/p+1/t23?,28-,32?;22?,27-;2*11-;;;;;/m0010...../s1. The Kier molecular flexibility index (Phi) is 55.1. The first-order valence-electron chi connectivity index (χ1n) is 43.3. The first-order valence-corrected chi connectivity index (χ1v) is 62.1. The number of nitrogens with zero attached hydrogens (tertiary/aromatic N) is 4. The molecule has 5 aromatic carbocycles. The van der Waals surface area contributed by atoms with E-state index < -0.39 is 30.4 Å². The van der Waals surface area contributed by atoms with Crippen LogP contribution in [0.15, 0.2) is 158 Å². The number of ether oxygens (including phenoxy) is 13. The number of pyridine rings is 2. The fourth-order valence-electron chi connectivity index (χ4n) is 15.7. The maximum Gasteiger partial charge on any atom is 0.330 e. The number of carbonyl (C=O) groups excluding carboxylic acids is 3. The van der Waals surface area contributed by atoms with Crippen LogP contribution in [0.25, 0.3) is 0 Å². The van der Waals surface area contributed by atoms with Crippen molar-refractivity contribution in [2.45, 2.75) is 125 Å². The molecule has 6 N–H and O–H groups in total. The van der Waals surface area contributed by atoms with Crippen molar-refractivity contribution >= 4 is 153 Å². The first kappa shape index (κ1) is 114. The van der Waals surface area contributed by atoms with Gasteiger partial charge < -0.3 is 97.0 Å². The van der Waals surface area contributed by atoms with Crippen LogP contribution in [0.1, 0.15) is 133 Å². The van der Waals surface area contributed by atoms with E-state index in [9.17, 15) is 34.2 Å². The SMILES string of the molecule is COCCOc1cccc(B(O)O)c1.COCCOc1cccc(C(CC(=O)O)CN2CC[C@@](F)(CCc3ccc4c(n3)NCCC4)C2)c1.COCCOc1cccc(C(CC(=O)O)C[N+]2(C)CC[C@@](F)(CCc3ccc4c(n3)NCCC4)C2)c1.COCCOc1cccc([C@@H]2COC(=O)C2)c1.COCCOc1cccc([C@H]2COC(=O)C2)c1.I.II.I[I-]I.O=C1C=CCO1. The molecule has 7 aromatic rings. The van der Waals surface area contributed by atoms with Crippen LogP contribution in [0.5, 0.6) is 28.7 Å². The van der Waals surface area contributed by atoms with Gasteiger partial charge in [-0.25, -0.2) is 23.5 Å². The molecular weight excluding hydrogens is 2380 g/mol. The summed E-state index contributed by atoms with van der Waals surface area (Å²) in [6.07, 6.45) is 11.3. The Morgan fingerprint density at radius 1 is 0.573 bits per heavy atom. The number of likely N-dealkylation sites (tertiary alicyclic amines) is 2. The van der Waals surface area contributed by atoms with Gasteiger partial charge in [-0.3, -0.25) is 24.1 Å². The van der Waals surface area contributed by atoms with Gasteiger partial charge >= 0.3 is 87.5 Å². The molecule has 7 aliphatic rings. The summed E-state index contributed by atoms with van der Waals surface area (Å²) in [7, 11) is 8.70. The fraction of sp³-hybridized carbons (Fsp3) is 0.500. The molecule has 0 amide bonds. The normalized spacial score (nSPS) is 19.2. The minimum Gasteiger partial charge on any atom is -0.458 e. The summed E-state index contributed by atoms with van der Waals surface area (Å²) in [6.45, 7) is 11.3. The number of hydrogen-bond acceptors (Lipinski definition) is 25. The third-order valence-electron chi connectivity index (χ3n) is 22.2. The molecule has 14 rings (SSSR count). The number of likely N-dealkylation sites (N-methyl/N-ethyl adjacent to an activating group) is 1. The van der Waals surface area contributed by atoms with Gasteiger partial charge in [0.1, 0.15) is 92.2 Å². The molecule has 28 nitrogen and oxygen atoms in total. The molecule has 0 bridgehead atoms. The van der Waals surface area contributed by atoms with Crippen LogP contribution < -0.4 is 53.0 Å². The molecule has 131 heavy (non-hydrogen) atoms. The predicted octanol–water partition coefficient (Wildman–Crippen LogP) is 12.4. The molecule has 4 fully saturated rings. The van der Waals surface area contributed by atoms with Gasteiger partial charge in [-0.05, 0) is 176 Å². The number of methoxy groups -OCH3 is 5. The Morgan fingerprint density at radius 2 is 0.992 bits per heavy atom. The number of carboxylic acids is 2. The van der Waals surface area contributed by atoms with Gasteiger partial charge in [-0.2, -0.15) is 0 Å². The summed E-state index contributed by atoms with van der Waals surface area (Å²) in [4.78, 5) is 66.8. The number of aromatic nitrogens is 2. The summed E-state index contributed by atoms with van der Waals surface area (Å²) in [6, 6.07) is 45.6. The number of anilines is 2. The van der Waals surface area contributed by atoms with E-state index in [1.165, 1.54) is 17.2 Å². The smallest absolute Gasteiger partial charge is 0.330 e. The molecule has 7 atom stereocenters. The third kappa shape index (κ3) is 43.1. The van der Waals surface area contributed by atoms with Crippen LogP contribution in [0.4, 0.5) is 20.4 Å². The van der Waals surface area contributed by atoms with Gasteiger partial charge in [0.05, 0.1) is 92.1 Å². The molecule has 0 radical (unpaired) electrons. The number of quaternary nitrogens is 1. The average Bonchev–Trinajstić information content (AvgIpc) is 1.65. The van der Waals surface area contributed by atoms with Gasteiger partial charge in [-0.15, -0.1) is 24.0 Å². The van der Waals surface area contributed by atoms with Gasteiger partial charge in [0.2, 0.25) is 0 Å². The number of aryl methyl sites for hydroxylation is 4. The minimum atomic E-state index is -1.46. The average molecular weight is 2500 g/mol. The van der Waals surface area contributed by atoms with E-state index in [2.05, 4.69) is 114 Å². The van der Waals surface area contributed by atoms with Crippen molar-refractivity contribution in [2.75, 3.05) is 191 Å². The van der Waals surface area contributed by atoms with Crippen LogP contribution in [-0.2, 0) is 87.6 Å². The van der Waals surface area contributed by atoms with Crippen molar-refractivity contribution in [3.63, 3.8) is 0 Å². The van der Waals surface area contributed by atoms with E-state index in [4.69, 9.17) is 76.9 Å². The largest absolute Gasteiger partial charge is 0.458 e. The maximum absolute atomic E-state index is 16.0. The monoisotopic (exact) mass is 2500 g/mol.